The van der Waals surface area contributed by atoms with Crippen LogP contribution in [-0.2, 0) is 11.2 Å². The highest BCUT2D eigenvalue weighted by molar-refractivity contribution is 7.13. The lowest BCUT2D eigenvalue weighted by molar-refractivity contribution is -0.136. The van der Waals surface area contributed by atoms with E-state index in [2.05, 4.69) is 16.4 Å². The Morgan fingerprint density at radius 1 is 1.44 bits per heavy atom. The lowest BCUT2D eigenvalue weighted by Crippen LogP contribution is -2.00. The zero-order valence-corrected chi connectivity index (χ0v) is 11.0. The van der Waals surface area contributed by atoms with Crippen molar-refractivity contribution in [2.45, 2.75) is 20.3 Å². The van der Waals surface area contributed by atoms with Gasteiger partial charge in [0.15, 0.2) is 5.13 Å². The first-order chi connectivity index (χ1) is 8.54. The number of thiazole rings is 1. The fourth-order valence-electron chi connectivity index (χ4n) is 1.67. The van der Waals surface area contributed by atoms with Crippen molar-refractivity contribution in [3.63, 3.8) is 0 Å². The summed E-state index contributed by atoms with van der Waals surface area (Å²) in [6.45, 7) is 4.08. The molecule has 0 amide bonds. The number of carbonyl (C=O) groups is 1. The van der Waals surface area contributed by atoms with Crippen LogP contribution in [0.1, 0.15) is 16.8 Å². The molecular formula is C13H14N2O2S. The molecule has 1 aromatic carbocycles. The molecule has 0 saturated carbocycles. The number of hydrogen-bond donors (Lipinski definition) is 2. The van der Waals surface area contributed by atoms with Gasteiger partial charge in [-0.25, -0.2) is 4.98 Å². The molecule has 0 aliphatic carbocycles. The van der Waals surface area contributed by atoms with E-state index < -0.39 is 5.97 Å². The van der Waals surface area contributed by atoms with E-state index in [1.165, 1.54) is 16.9 Å². The van der Waals surface area contributed by atoms with Crippen molar-refractivity contribution in [1.82, 2.24) is 4.98 Å². The minimum absolute atomic E-state index is 0.0366. The standard InChI is InChI=1S/C13H14N2O2S/c1-8-3-4-11(9(2)5-8)15-13-14-10(7-18-13)6-12(16)17/h3-5,7H,6H2,1-2H3,(H,14,15)(H,16,17). The second-order valence-electron chi connectivity index (χ2n) is 4.16. The first kappa shape index (κ1) is 12.6. The van der Waals surface area contributed by atoms with Gasteiger partial charge in [0.2, 0.25) is 0 Å². The smallest absolute Gasteiger partial charge is 0.309 e. The molecule has 94 valence electrons. The molecular weight excluding hydrogens is 248 g/mol. The van der Waals surface area contributed by atoms with Crippen LogP contribution in [0.4, 0.5) is 10.8 Å². The Bertz CT molecular complexity index is 578. The number of aliphatic carboxylic acids is 1. The maximum absolute atomic E-state index is 10.6. The first-order valence-electron chi connectivity index (χ1n) is 5.55. The predicted molar refractivity (Wildman–Crippen MR) is 72.7 cm³/mol. The number of nitrogens with one attached hydrogen (secondary N) is 1. The van der Waals surface area contributed by atoms with E-state index in [-0.39, 0.29) is 6.42 Å². The van der Waals surface area contributed by atoms with Crippen molar-refractivity contribution in [2.24, 2.45) is 0 Å². The Morgan fingerprint density at radius 2 is 2.22 bits per heavy atom. The number of carboxylic acid groups (broad SMARTS) is 1. The average molecular weight is 262 g/mol. The van der Waals surface area contributed by atoms with Crippen molar-refractivity contribution in [1.29, 1.82) is 0 Å². The minimum atomic E-state index is -0.863. The summed E-state index contributed by atoms with van der Waals surface area (Å²) in [5.74, 6) is -0.863. The molecule has 0 aliphatic rings. The van der Waals surface area contributed by atoms with Gasteiger partial charge < -0.3 is 10.4 Å². The molecule has 5 heteroatoms. The first-order valence-corrected chi connectivity index (χ1v) is 6.43. The van der Waals surface area contributed by atoms with E-state index in [0.29, 0.717) is 5.69 Å². The van der Waals surface area contributed by atoms with Gasteiger partial charge >= 0.3 is 5.97 Å². The van der Waals surface area contributed by atoms with Gasteiger partial charge in [-0.1, -0.05) is 17.7 Å². The Kier molecular flexibility index (Phi) is 3.62. The summed E-state index contributed by atoms with van der Waals surface area (Å²) in [6, 6.07) is 6.12. The van der Waals surface area contributed by atoms with Crippen LogP contribution in [0.2, 0.25) is 0 Å². The maximum Gasteiger partial charge on any atom is 0.309 e. The number of anilines is 2. The van der Waals surface area contributed by atoms with E-state index in [1.54, 1.807) is 5.38 Å². The molecule has 4 nitrogen and oxygen atoms in total. The number of carboxylic acids is 1. The van der Waals surface area contributed by atoms with Gasteiger partial charge in [-0.3, -0.25) is 4.79 Å². The number of nitrogens with zero attached hydrogens (tertiary/aromatic N) is 1. The third-order valence-electron chi connectivity index (χ3n) is 2.51. The van der Waals surface area contributed by atoms with Crippen LogP contribution in [0.25, 0.3) is 0 Å². The van der Waals surface area contributed by atoms with Gasteiger partial charge in [0, 0.05) is 11.1 Å². The number of aromatic nitrogens is 1. The Balaban J connectivity index is 2.13. The summed E-state index contributed by atoms with van der Waals surface area (Å²) in [4.78, 5) is 14.8. The SMILES string of the molecule is Cc1ccc(Nc2nc(CC(=O)O)cs2)c(C)c1. The van der Waals surface area contributed by atoms with Crippen LogP contribution in [0.5, 0.6) is 0 Å². The lowest BCUT2D eigenvalue weighted by Gasteiger charge is -2.07. The van der Waals surface area contributed by atoms with E-state index >= 15 is 0 Å². The molecule has 0 aliphatic heterocycles. The third-order valence-corrected chi connectivity index (χ3v) is 3.31. The summed E-state index contributed by atoms with van der Waals surface area (Å²) >= 11 is 1.41. The van der Waals surface area contributed by atoms with Crippen molar-refractivity contribution >= 4 is 28.1 Å². The monoisotopic (exact) mass is 262 g/mol. The van der Waals surface area contributed by atoms with Crippen LogP contribution >= 0.6 is 11.3 Å². The molecule has 0 fully saturated rings. The van der Waals surface area contributed by atoms with Crippen molar-refractivity contribution in [3.05, 3.63) is 40.4 Å². The minimum Gasteiger partial charge on any atom is -0.481 e. The normalized spacial score (nSPS) is 10.3. The summed E-state index contributed by atoms with van der Waals surface area (Å²) < 4.78 is 0. The highest BCUT2D eigenvalue weighted by Crippen LogP contribution is 2.24. The van der Waals surface area contributed by atoms with Gasteiger partial charge in [-0.15, -0.1) is 11.3 Å². The number of rotatable bonds is 4. The molecule has 0 bridgehead atoms. The zero-order valence-electron chi connectivity index (χ0n) is 10.2. The summed E-state index contributed by atoms with van der Waals surface area (Å²) in [5, 5.41) is 14.4. The molecule has 0 radical (unpaired) electrons. The quantitative estimate of drug-likeness (QED) is 0.888. The Labute approximate surface area is 109 Å². The molecule has 0 atom stereocenters. The average Bonchev–Trinajstić information content (AvgIpc) is 2.69. The summed E-state index contributed by atoms with van der Waals surface area (Å²) in [7, 11) is 0. The second-order valence-corrected chi connectivity index (χ2v) is 5.02. The molecule has 1 heterocycles. The fraction of sp³-hybridized carbons (Fsp3) is 0.231. The predicted octanol–water partition coefficient (Wildman–Crippen LogP) is 3.13. The van der Waals surface area contributed by atoms with Gasteiger partial charge in [-0.05, 0) is 25.5 Å². The van der Waals surface area contributed by atoms with Gasteiger partial charge in [-0.2, -0.15) is 0 Å². The van der Waals surface area contributed by atoms with Crippen molar-refractivity contribution < 1.29 is 9.90 Å². The summed E-state index contributed by atoms with van der Waals surface area (Å²) in [6.07, 6.45) is -0.0366. The number of aryl methyl sites for hydroxylation is 2. The van der Waals surface area contributed by atoms with Crippen LogP contribution in [0.15, 0.2) is 23.6 Å². The molecule has 0 unspecified atom stereocenters. The van der Waals surface area contributed by atoms with Crippen LogP contribution in [0, 0.1) is 13.8 Å². The molecule has 2 N–H and O–H groups in total. The van der Waals surface area contributed by atoms with E-state index in [0.717, 1.165) is 16.4 Å². The number of hydrogen-bond acceptors (Lipinski definition) is 4. The van der Waals surface area contributed by atoms with E-state index in [4.69, 9.17) is 5.11 Å². The van der Waals surface area contributed by atoms with Crippen LogP contribution in [0.3, 0.4) is 0 Å². The zero-order chi connectivity index (χ0) is 13.1. The Hall–Kier alpha value is -1.88. The van der Waals surface area contributed by atoms with Gasteiger partial charge in [0.25, 0.3) is 0 Å². The van der Waals surface area contributed by atoms with Crippen molar-refractivity contribution in [2.75, 3.05) is 5.32 Å². The molecule has 1 aromatic heterocycles. The van der Waals surface area contributed by atoms with Crippen LogP contribution in [-0.4, -0.2) is 16.1 Å². The van der Waals surface area contributed by atoms with Gasteiger partial charge in [0.05, 0.1) is 12.1 Å². The molecule has 2 rings (SSSR count). The second kappa shape index (κ2) is 5.18. The third kappa shape index (κ3) is 3.07. The highest BCUT2D eigenvalue weighted by Gasteiger charge is 2.07. The van der Waals surface area contributed by atoms with E-state index in [9.17, 15) is 4.79 Å². The van der Waals surface area contributed by atoms with Crippen LogP contribution < -0.4 is 5.32 Å². The molecule has 0 saturated heterocycles. The number of benzene rings is 1. The molecule has 18 heavy (non-hydrogen) atoms. The van der Waals surface area contributed by atoms with E-state index in [1.807, 2.05) is 26.0 Å². The Morgan fingerprint density at radius 3 is 2.89 bits per heavy atom. The topological polar surface area (TPSA) is 62.2 Å². The maximum atomic E-state index is 10.6. The lowest BCUT2D eigenvalue weighted by atomic mass is 10.1. The molecule has 0 spiro atoms. The van der Waals surface area contributed by atoms with Crippen molar-refractivity contribution in [3.8, 4) is 0 Å². The fourth-order valence-corrected chi connectivity index (χ4v) is 2.39. The highest BCUT2D eigenvalue weighted by atomic mass is 32.1. The van der Waals surface area contributed by atoms with Gasteiger partial charge in [0.1, 0.15) is 0 Å². The largest absolute Gasteiger partial charge is 0.481 e. The molecule has 2 aromatic rings. The summed E-state index contributed by atoms with van der Waals surface area (Å²) in [5.41, 5.74) is 3.94.